The molecule has 1 aliphatic rings. The lowest BCUT2D eigenvalue weighted by Crippen LogP contribution is -2.22. The Morgan fingerprint density at radius 1 is 0.963 bits per heavy atom. The van der Waals surface area contributed by atoms with Gasteiger partial charge in [-0.25, -0.2) is 4.99 Å². The Hall–Kier alpha value is -3.54. The molecule has 0 bridgehead atoms. The summed E-state index contributed by atoms with van der Waals surface area (Å²) < 4.78 is 0. The Balaban J connectivity index is 2.02. The maximum atomic E-state index is 12.6. The quantitative estimate of drug-likeness (QED) is 0.488. The fraction of sp³-hybridized carbons (Fsp3) is 0.143. The lowest BCUT2D eigenvalue weighted by atomic mass is 9.98. The molecular formula is C21H22N4O2. The summed E-state index contributed by atoms with van der Waals surface area (Å²) in [5.74, 6) is -0.410. The molecule has 0 heterocycles. The number of nitrogens with zero attached hydrogens (tertiary/aromatic N) is 1. The van der Waals surface area contributed by atoms with E-state index < -0.39 is 0 Å². The van der Waals surface area contributed by atoms with Gasteiger partial charge in [0.25, 0.3) is 0 Å². The van der Waals surface area contributed by atoms with Crippen molar-refractivity contribution in [2.45, 2.75) is 20.8 Å². The molecule has 6 heteroatoms. The molecule has 0 saturated heterocycles. The molecule has 0 amide bonds. The molecule has 0 radical (unpaired) electrons. The molecule has 138 valence electrons. The summed E-state index contributed by atoms with van der Waals surface area (Å²) in [6.45, 7) is 5.37. The average Bonchev–Trinajstić information content (AvgIpc) is 2.61. The van der Waals surface area contributed by atoms with Crippen molar-refractivity contribution in [3.8, 4) is 0 Å². The van der Waals surface area contributed by atoms with E-state index in [4.69, 9.17) is 11.5 Å². The molecule has 0 atom stereocenters. The molecule has 0 unspecified atom stereocenters. The van der Waals surface area contributed by atoms with Gasteiger partial charge in [-0.15, -0.1) is 0 Å². The maximum Gasteiger partial charge on any atom is 0.208 e. The van der Waals surface area contributed by atoms with Crippen LogP contribution in [0.1, 0.15) is 18.1 Å². The number of allylic oxidation sites excluding steroid dienone is 2. The molecule has 27 heavy (non-hydrogen) atoms. The lowest BCUT2D eigenvalue weighted by molar-refractivity contribution is -0.112. The van der Waals surface area contributed by atoms with E-state index in [1.54, 1.807) is 31.2 Å². The highest BCUT2D eigenvalue weighted by atomic mass is 16.3. The van der Waals surface area contributed by atoms with Crippen molar-refractivity contribution in [1.82, 2.24) is 0 Å². The van der Waals surface area contributed by atoms with Crippen LogP contribution in [0.4, 0.5) is 22.7 Å². The Bertz CT molecular complexity index is 1030. The second kappa shape index (κ2) is 6.99. The standard InChI is InChI=1S/C21H22N4O2/c1-11-8-14(22)4-6-16(11)24-18-10-19(21(27)13(3)20(18)26)25-17-7-5-15(23)9-12(17)2/h4-10,24,27H,22-23H2,1-3H3. The van der Waals surface area contributed by atoms with Crippen molar-refractivity contribution in [3.05, 3.63) is 70.6 Å². The first-order valence-electron chi connectivity index (χ1n) is 8.51. The fourth-order valence-corrected chi connectivity index (χ4v) is 2.86. The predicted molar refractivity (Wildman–Crippen MR) is 110 cm³/mol. The maximum absolute atomic E-state index is 12.6. The van der Waals surface area contributed by atoms with E-state index in [1.165, 1.54) is 0 Å². The number of benzene rings is 2. The number of aliphatic imine (C=N–C) groups is 1. The van der Waals surface area contributed by atoms with E-state index in [-0.39, 0.29) is 17.1 Å². The van der Waals surface area contributed by atoms with Crippen LogP contribution in [0.2, 0.25) is 0 Å². The van der Waals surface area contributed by atoms with Gasteiger partial charge >= 0.3 is 0 Å². The number of ketones is 1. The zero-order valence-electron chi connectivity index (χ0n) is 15.5. The third-order valence-electron chi connectivity index (χ3n) is 4.45. The van der Waals surface area contributed by atoms with Crippen molar-refractivity contribution in [3.63, 3.8) is 0 Å². The summed E-state index contributed by atoms with van der Waals surface area (Å²) in [5.41, 5.74) is 17.0. The average molecular weight is 362 g/mol. The number of aryl methyl sites for hydroxylation is 2. The monoisotopic (exact) mass is 362 g/mol. The number of nitrogens with two attached hydrogens (primary N) is 2. The van der Waals surface area contributed by atoms with Crippen LogP contribution in [0, 0.1) is 13.8 Å². The minimum Gasteiger partial charge on any atom is -0.505 e. The molecule has 3 rings (SSSR count). The van der Waals surface area contributed by atoms with E-state index in [9.17, 15) is 9.90 Å². The number of nitrogen functional groups attached to an aromatic ring is 2. The van der Waals surface area contributed by atoms with Gasteiger partial charge in [-0.1, -0.05) is 0 Å². The first kappa shape index (κ1) is 18.3. The summed E-state index contributed by atoms with van der Waals surface area (Å²) in [5, 5.41) is 13.5. The Kier molecular flexibility index (Phi) is 4.73. The summed E-state index contributed by atoms with van der Waals surface area (Å²) in [6, 6.07) is 10.7. The van der Waals surface area contributed by atoms with Crippen LogP contribution >= 0.6 is 0 Å². The third kappa shape index (κ3) is 3.69. The van der Waals surface area contributed by atoms with Gasteiger partial charge in [-0.05, 0) is 74.4 Å². The van der Waals surface area contributed by atoms with Crippen molar-refractivity contribution in [2.24, 2.45) is 4.99 Å². The minimum atomic E-state index is -0.281. The Morgan fingerprint density at radius 2 is 1.59 bits per heavy atom. The van der Waals surface area contributed by atoms with Crippen LogP contribution in [0.15, 0.2) is 64.5 Å². The number of aliphatic hydroxyl groups excluding tert-OH is 1. The summed E-state index contributed by atoms with van der Waals surface area (Å²) in [4.78, 5) is 17.1. The van der Waals surface area contributed by atoms with Gasteiger partial charge in [-0.3, -0.25) is 4.79 Å². The SMILES string of the molecule is CC1=C(O)C(=Nc2ccc(N)cc2C)C=C(Nc2ccc(N)cc2C)C1=O. The minimum absolute atomic E-state index is 0.129. The van der Waals surface area contributed by atoms with Crippen molar-refractivity contribution in [1.29, 1.82) is 0 Å². The van der Waals surface area contributed by atoms with Gasteiger partial charge in [0.1, 0.15) is 11.5 Å². The highest BCUT2D eigenvalue weighted by Gasteiger charge is 2.25. The van der Waals surface area contributed by atoms with Crippen LogP contribution in [-0.2, 0) is 4.79 Å². The molecule has 6 nitrogen and oxygen atoms in total. The van der Waals surface area contributed by atoms with Gasteiger partial charge < -0.3 is 21.9 Å². The van der Waals surface area contributed by atoms with Crippen molar-refractivity contribution >= 4 is 34.2 Å². The molecule has 6 N–H and O–H groups in total. The van der Waals surface area contributed by atoms with Crippen LogP contribution in [-0.4, -0.2) is 16.6 Å². The zero-order valence-corrected chi connectivity index (χ0v) is 15.5. The number of carbonyl (C=O) groups excluding carboxylic acids is 1. The molecule has 2 aromatic rings. The molecule has 0 fully saturated rings. The predicted octanol–water partition coefficient (Wildman–Crippen LogP) is 3.95. The highest BCUT2D eigenvalue weighted by molar-refractivity contribution is 6.24. The van der Waals surface area contributed by atoms with E-state index in [0.717, 1.165) is 16.8 Å². The van der Waals surface area contributed by atoms with Crippen LogP contribution in [0.5, 0.6) is 0 Å². The summed E-state index contributed by atoms with van der Waals surface area (Å²) in [6.07, 6.45) is 1.55. The Labute approximate surface area is 157 Å². The second-order valence-corrected chi connectivity index (χ2v) is 6.60. The van der Waals surface area contributed by atoms with E-state index >= 15 is 0 Å². The molecule has 1 aliphatic carbocycles. The van der Waals surface area contributed by atoms with Crippen molar-refractivity contribution < 1.29 is 9.90 Å². The number of hydrogen-bond acceptors (Lipinski definition) is 6. The number of rotatable bonds is 3. The van der Waals surface area contributed by atoms with Crippen LogP contribution < -0.4 is 16.8 Å². The van der Waals surface area contributed by atoms with Crippen LogP contribution in [0.3, 0.4) is 0 Å². The van der Waals surface area contributed by atoms with Gasteiger partial charge in [-0.2, -0.15) is 0 Å². The number of aliphatic hydroxyl groups is 1. The zero-order chi connectivity index (χ0) is 19.7. The molecule has 2 aromatic carbocycles. The van der Waals surface area contributed by atoms with Gasteiger partial charge in [0.2, 0.25) is 5.78 Å². The first-order chi connectivity index (χ1) is 12.8. The highest BCUT2D eigenvalue weighted by Crippen LogP contribution is 2.27. The van der Waals surface area contributed by atoms with Gasteiger partial charge in [0, 0.05) is 22.6 Å². The van der Waals surface area contributed by atoms with E-state index in [1.807, 2.05) is 32.0 Å². The third-order valence-corrected chi connectivity index (χ3v) is 4.45. The normalized spacial score (nSPS) is 15.9. The molecule has 0 saturated carbocycles. The fourth-order valence-electron chi connectivity index (χ4n) is 2.86. The van der Waals surface area contributed by atoms with Crippen molar-refractivity contribution in [2.75, 3.05) is 16.8 Å². The number of hydrogen-bond donors (Lipinski definition) is 4. The molecule has 0 aliphatic heterocycles. The van der Waals surface area contributed by atoms with Gasteiger partial charge in [0.05, 0.1) is 11.4 Å². The smallest absolute Gasteiger partial charge is 0.208 e. The molecule has 0 aromatic heterocycles. The Morgan fingerprint density at radius 3 is 2.22 bits per heavy atom. The number of Topliss-reactive ketones (excluding diaryl/α,β-unsaturated/α-hetero) is 1. The largest absolute Gasteiger partial charge is 0.505 e. The lowest BCUT2D eigenvalue weighted by Gasteiger charge is -2.18. The van der Waals surface area contributed by atoms with E-state index in [2.05, 4.69) is 10.3 Å². The number of nitrogens with one attached hydrogen (secondary N) is 1. The van der Waals surface area contributed by atoms with Crippen LogP contribution in [0.25, 0.3) is 0 Å². The summed E-state index contributed by atoms with van der Waals surface area (Å²) in [7, 11) is 0. The molecule has 0 spiro atoms. The topological polar surface area (TPSA) is 114 Å². The number of anilines is 3. The number of carbonyl (C=O) groups is 1. The van der Waals surface area contributed by atoms with E-state index in [0.29, 0.717) is 28.5 Å². The van der Waals surface area contributed by atoms with Gasteiger partial charge in [0.15, 0.2) is 0 Å². The molecular weight excluding hydrogens is 340 g/mol. The second-order valence-electron chi connectivity index (χ2n) is 6.60. The first-order valence-corrected chi connectivity index (χ1v) is 8.51. The summed E-state index contributed by atoms with van der Waals surface area (Å²) >= 11 is 0.